The van der Waals surface area contributed by atoms with Crippen molar-refractivity contribution in [3.63, 3.8) is 0 Å². The summed E-state index contributed by atoms with van der Waals surface area (Å²) in [5.41, 5.74) is 6.67. The van der Waals surface area contributed by atoms with E-state index in [1.54, 1.807) is 24.3 Å². The van der Waals surface area contributed by atoms with Gasteiger partial charge in [-0.1, -0.05) is 12.1 Å². The molecular weight excluding hydrogens is 439 g/mol. The van der Waals surface area contributed by atoms with Crippen molar-refractivity contribution in [1.82, 2.24) is 9.97 Å². The number of hydrazine groups is 1. The first-order valence-electron chi connectivity index (χ1n) is 9.58. The van der Waals surface area contributed by atoms with Gasteiger partial charge in [-0.05, 0) is 24.6 Å². The Morgan fingerprint density at radius 3 is 2.41 bits per heavy atom. The topological polar surface area (TPSA) is 103 Å². The van der Waals surface area contributed by atoms with Gasteiger partial charge in [0.25, 0.3) is 5.92 Å². The lowest BCUT2D eigenvalue weighted by Crippen LogP contribution is -2.35. The van der Waals surface area contributed by atoms with Crippen LogP contribution in [0.4, 0.5) is 39.3 Å². The predicted octanol–water partition coefficient (Wildman–Crippen LogP) is 3.12. The fourth-order valence-corrected chi connectivity index (χ4v) is 3.08. The number of hydrogen-bond acceptors (Lipinski definition) is 8. The monoisotopic (exact) mass is 462 g/mol. The van der Waals surface area contributed by atoms with Gasteiger partial charge >= 0.3 is 12.2 Å². The lowest BCUT2D eigenvalue weighted by Gasteiger charge is -2.25. The number of aromatic nitrogens is 2. The highest BCUT2D eigenvalue weighted by molar-refractivity contribution is 5.76. The highest BCUT2D eigenvalue weighted by Gasteiger charge is 2.41. The number of nitrogen functional groups attached to an aromatic ring is 1. The molecule has 0 aliphatic carbocycles. The maximum Gasteiger partial charge on any atom is 0.425 e. The Kier molecular flexibility index (Phi) is 6.49. The van der Waals surface area contributed by atoms with Crippen molar-refractivity contribution in [1.29, 1.82) is 0 Å². The molecule has 0 saturated carbocycles. The molecule has 1 aliphatic heterocycles. The molecule has 1 aromatic heterocycles. The molecule has 4 N–H and O–H groups in total. The summed E-state index contributed by atoms with van der Waals surface area (Å²) in [5, 5.41) is 1.08. The predicted molar refractivity (Wildman–Crippen MR) is 108 cm³/mol. The minimum atomic E-state index is -4.68. The lowest BCUT2D eigenvalue weighted by atomic mass is 10.2. The standard InChI is InChI=1S/C19H23F5N6O2/c1-11(19(22,23)24)32-17-27-15(29-8-7-18(20,21)10-29)14(25)16(28-17)30(26)9-12-3-5-13(31-2)6-4-12/h3-6,11H,7-10,25-26H2,1-2H3. The number of methoxy groups -OCH3 is 1. The Bertz CT molecular complexity index is 941. The van der Waals surface area contributed by atoms with E-state index in [4.69, 9.17) is 21.1 Å². The zero-order valence-corrected chi connectivity index (χ0v) is 17.4. The Labute approximate surface area is 180 Å². The highest BCUT2D eigenvalue weighted by atomic mass is 19.4. The van der Waals surface area contributed by atoms with Gasteiger partial charge in [0.15, 0.2) is 17.7 Å². The van der Waals surface area contributed by atoms with E-state index in [0.717, 1.165) is 11.9 Å². The molecule has 1 aromatic carbocycles. The van der Waals surface area contributed by atoms with Gasteiger partial charge in [-0.15, -0.1) is 0 Å². The summed E-state index contributed by atoms with van der Waals surface area (Å²) in [6.07, 6.45) is -7.37. The third-order valence-electron chi connectivity index (χ3n) is 4.88. The van der Waals surface area contributed by atoms with Crippen molar-refractivity contribution in [3.8, 4) is 11.8 Å². The minimum absolute atomic E-state index is 0.0646. The molecule has 1 fully saturated rings. The van der Waals surface area contributed by atoms with Crippen LogP contribution < -0.4 is 31.0 Å². The summed E-state index contributed by atoms with van der Waals surface area (Å²) in [4.78, 5) is 8.98. The van der Waals surface area contributed by atoms with E-state index < -0.39 is 37.2 Å². The van der Waals surface area contributed by atoms with Crippen molar-refractivity contribution >= 4 is 17.3 Å². The van der Waals surface area contributed by atoms with Crippen molar-refractivity contribution in [2.75, 3.05) is 35.8 Å². The maximum atomic E-state index is 13.7. The number of rotatable bonds is 7. The van der Waals surface area contributed by atoms with Crippen LogP contribution in [-0.2, 0) is 6.54 Å². The quantitative estimate of drug-likeness (QED) is 0.368. The third-order valence-corrected chi connectivity index (χ3v) is 4.88. The molecule has 1 unspecified atom stereocenters. The molecule has 1 saturated heterocycles. The first-order valence-corrected chi connectivity index (χ1v) is 9.58. The van der Waals surface area contributed by atoms with E-state index in [1.807, 2.05) is 0 Å². The maximum absolute atomic E-state index is 13.7. The Balaban J connectivity index is 1.95. The van der Waals surface area contributed by atoms with E-state index in [0.29, 0.717) is 11.3 Å². The van der Waals surface area contributed by atoms with Crippen LogP contribution in [0.2, 0.25) is 0 Å². The van der Waals surface area contributed by atoms with Crippen LogP contribution in [0, 0.1) is 0 Å². The molecule has 3 rings (SSSR count). The van der Waals surface area contributed by atoms with Gasteiger partial charge in [0.1, 0.15) is 11.4 Å². The van der Waals surface area contributed by atoms with E-state index >= 15 is 0 Å². The number of alkyl halides is 5. The second kappa shape index (κ2) is 8.81. The number of halogens is 5. The second-order valence-electron chi connectivity index (χ2n) is 7.37. The lowest BCUT2D eigenvalue weighted by molar-refractivity contribution is -0.190. The van der Waals surface area contributed by atoms with Crippen LogP contribution in [0.5, 0.6) is 11.8 Å². The van der Waals surface area contributed by atoms with Crippen molar-refractivity contribution in [2.45, 2.75) is 38.1 Å². The van der Waals surface area contributed by atoms with E-state index in [9.17, 15) is 22.0 Å². The van der Waals surface area contributed by atoms with Gasteiger partial charge in [0, 0.05) is 13.0 Å². The molecule has 13 heteroatoms. The average Bonchev–Trinajstić information content (AvgIpc) is 3.08. The Hall–Kier alpha value is -3.09. The van der Waals surface area contributed by atoms with Crippen molar-refractivity contribution < 1.29 is 31.4 Å². The molecule has 1 aliphatic rings. The molecule has 0 spiro atoms. The van der Waals surface area contributed by atoms with E-state index in [1.165, 1.54) is 12.0 Å². The summed E-state index contributed by atoms with van der Waals surface area (Å²) in [6, 6.07) is 6.17. The Morgan fingerprint density at radius 2 is 1.88 bits per heavy atom. The number of hydrogen-bond donors (Lipinski definition) is 2. The fourth-order valence-electron chi connectivity index (χ4n) is 3.08. The average molecular weight is 462 g/mol. The molecule has 2 heterocycles. The summed E-state index contributed by atoms with van der Waals surface area (Å²) in [6.45, 7) is 0.0612. The van der Waals surface area contributed by atoms with Crippen molar-refractivity contribution in [3.05, 3.63) is 29.8 Å². The SMILES string of the molecule is COc1ccc(CN(N)c2nc(OC(C)C(F)(F)F)nc(N3CCC(F)(F)C3)c2N)cc1. The third kappa shape index (κ3) is 5.39. The van der Waals surface area contributed by atoms with Gasteiger partial charge < -0.3 is 20.1 Å². The number of nitrogens with zero attached hydrogens (tertiary/aromatic N) is 4. The second-order valence-corrected chi connectivity index (χ2v) is 7.37. The molecule has 176 valence electrons. The molecule has 1 atom stereocenters. The van der Waals surface area contributed by atoms with Gasteiger partial charge in [0.2, 0.25) is 0 Å². The molecule has 2 aromatic rings. The molecule has 0 amide bonds. The summed E-state index contributed by atoms with van der Waals surface area (Å²) in [7, 11) is 1.51. The van der Waals surface area contributed by atoms with Crippen molar-refractivity contribution in [2.24, 2.45) is 5.84 Å². The zero-order valence-electron chi connectivity index (χ0n) is 17.4. The normalized spacial score (nSPS) is 16.7. The Morgan fingerprint density at radius 1 is 1.22 bits per heavy atom. The van der Waals surface area contributed by atoms with Gasteiger partial charge in [-0.2, -0.15) is 23.1 Å². The summed E-state index contributed by atoms with van der Waals surface area (Å²) >= 11 is 0. The molecule has 0 bridgehead atoms. The molecule has 8 nitrogen and oxygen atoms in total. The zero-order chi connectivity index (χ0) is 23.7. The number of anilines is 3. The molecule has 0 radical (unpaired) electrons. The summed E-state index contributed by atoms with van der Waals surface area (Å²) < 4.78 is 76.3. The largest absolute Gasteiger partial charge is 0.497 e. The fraction of sp³-hybridized carbons (Fsp3) is 0.474. The highest BCUT2D eigenvalue weighted by Crippen LogP contribution is 2.37. The van der Waals surface area contributed by atoms with Crippen LogP contribution in [0.25, 0.3) is 0 Å². The van der Waals surface area contributed by atoms with Crippen LogP contribution in [0.15, 0.2) is 24.3 Å². The number of ether oxygens (including phenoxy) is 2. The first kappa shape index (κ1) is 23.6. The van der Waals surface area contributed by atoms with Gasteiger partial charge in [-0.3, -0.25) is 5.01 Å². The van der Waals surface area contributed by atoms with Crippen LogP contribution in [0.1, 0.15) is 18.9 Å². The van der Waals surface area contributed by atoms with E-state index in [2.05, 4.69) is 9.97 Å². The number of nitrogens with two attached hydrogens (primary N) is 2. The summed E-state index contributed by atoms with van der Waals surface area (Å²) in [5.74, 6) is 3.41. The van der Waals surface area contributed by atoms with E-state index in [-0.39, 0.29) is 30.4 Å². The van der Waals surface area contributed by atoms with Crippen LogP contribution in [0.3, 0.4) is 0 Å². The van der Waals surface area contributed by atoms with Crippen LogP contribution in [-0.4, -0.2) is 48.4 Å². The molecule has 32 heavy (non-hydrogen) atoms. The minimum Gasteiger partial charge on any atom is -0.497 e. The van der Waals surface area contributed by atoms with Gasteiger partial charge in [0.05, 0.1) is 20.2 Å². The number of benzene rings is 1. The van der Waals surface area contributed by atoms with Crippen LogP contribution >= 0.6 is 0 Å². The molecular formula is C19H23F5N6O2. The smallest absolute Gasteiger partial charge is 0.425 e. The van der Waals surface area contributed by atoms with Gasteiger partial charge in [-0.25, -0.2) is 14.6 Å². The first-order chi connectivity index (χ1) is 14.9.